The van der Waals surface area contributed by atoms with E-state index in [1.165, 1.54) is 60.9 Å². The van der Waals surface area contributed by atoms with E-state index in [0.29, 0.717) is 5.69 Å². The van der Waals surface area contributed by atoms with Crippen molar-refractivity contribution in [2.45, 2.75) is 10.6 Å². The molecule has 0 atom stereocenters. The van der Waals surface area contributed by atoms with Gasteiger partial charge in [0.2, 0.25) is 10.0 Å². The van der Waals surface area contributed by atoms with E-state index in [1.54, 1.807) is 12.1 Å². The Morgan fingerprint density at radius 1 is 0.900 bits per heavy atom. The standard InChI is InChI=1S/C18H16N4O6S2/c23-22(24)17-5-1-3-14(11-17)13-29(25,26)20-15-6-8-18(9-7-15)30(27,28)21-16-4-2-10-19-12-16/h1-12,20-21H,13H2. The lowest BCUT2D eigenvalue weighted by molar-refractivity contribution is -0.384. The molecule has 0 aliphatic rings. The number of benzene rings is 2. The Bertz CT molecular complexity index is 1260. The summed E-state index contributed by atoms with van der Waals surface area (Å²) in [7, 11) is -7.74. The smallest absolute Gasteiger partial charge is 0.269 e. The molecule has 1 aromatic heterocycles. The Kier molecular flexibility index (Phi) is 5.99. The maximum absolute atomic E-state index is 12.4. The Morgan fingerprint density at radius 2 is 1.63 bits per heavy atom. The quantitative estimate of drug-likeness (QED) is 0.397. The largest absolute Gasteiger partial charge is 0.283 e. The fraction of sp³-hybridized carbons (Fsp3) is 0.0556. The average molecular weight is 448 g/mol. The third-order valence-corrected chi connectivity index (χ3v) is 6.49. The van der Waals surface area contributed by atoms with Crippen LogP contribution in [0.5, 0.6) is 0 Å². The van der Waals surface area contributed by atoms with Gasteiger partial charge >= 0.3 is 0 Å². The molecule has 0 bridgehead atoms. The first kappa shape index (κ1) is 21.2. The molecule has 0 saturated carbocycles. The molecule has 0 amide bonds. The number of aromatic nitrogens is 1. The van der Waals surface area contributed by atoms with Crippen LogP contribution in [0, 0.1) is 10.1 Å². The van der Waals surface area contributed by atoms with Crippen molar-refractivity contribution in [3.8, 4) is 0 Å². The molecule has 2 N–H and O–H groups in total. The highest BCUT2D eigenvalue weighted by molar-refractivity contribution is 7.92. The Balaban J connectivity index is 1.71. The number of nitro benzene ring substituents is 1. The molecular weight excluding hydrogens is 432 g/mol. The first-order chi connectivity index (χ1) is 14.1. The minimum Gasteiger partial charge on any atom is -0.283 e. The van der Waals surface area contributed by atoms with E-state index in [9.17, 15) is 26.9 Å². The number of hydrogen-bond acceptors (Lipinski definition) is 7. The summed E-state index contributed by atoms with van der Waals surface area (Å²) in [4.78, 5) is 14.0. The van der Waals surface area contributed by atoms with E-state index in [4.69, 9.17) is 0 Å². The fourth-order valence-electron chi connectivity index (χ4n) is 2.53. The van der Waals surface area contributed by atoms with Gasteiger partial charge in [-0.25, -0.2) is 16.8 Å². The lowest BCUT2D eigenvalue weighted by atomic mass is 10.2. The van der Waals surface area contributed by atoms with E-state index in [-0.39, 0.29) is 21.8 Å². The molecular formula is C18H16N4O6S2. The minimum atomic E-state index is -3.87. The van der Waals surface area contributed by atoms with E-state index < -0.39 is 30.7 Å². The highest BCUT2D eigenvalue weighted by Gasteiger charge is 2.17. The van der Waals surface area contributed by atoms with Gasteiger partial charge in [-0.15, -0.1) is 0 Å². The van der Waals surface area contributed by atoms with E-state index in [2.05, 4.69) is 14.4 Å². The highest BCUT2D eigenvalue weighted by atomic mass is 32.2. The van der Waals surface area contributed by atoms with E-state index >= 15 is 0 Å². The lowest BCUT2D eigenvalue weighted by Crippen LogP contribution is -2.16. The van der Waals surface area contributed by atoms with Gasteiger partial charge in [-0.2, -0.15) is 0 Å². The summed E-state index contributed by atoms with van der Waals surface area (Å²) in [5.74, 6) is -0.475. The second-order valence-electron chi connectivity index (χ2n) is 6.16. The highest BCUT2D eigenvalue weighted by Crippen LogP contribution is 2.20. The number of nitrogens with zero attached hydrogens (tertiary/aromatic N) is 2. The molecule has 1 heterocycles. The molecule has 30 heavy (non-hydrogen) atoms. The van der Waals surface area contributed by atoms with Crippen molar-refractivity contribution in [1.29, 1.82) is 0 Å². The topological polar surface area (TPSA) is 148 Å². The molecule has 0 spiro atoms. The molecule has 0 unspecified atom stereocenters. The van der Waals surface area contributed by atoms with Crippen molar-refractivity contribution in [3.63, 3.8) is 0 Å². The van der Waals surface area contributed by atoms with Gasteiger partial charge in [-0.05, 0) is 42.0 Å². The van der Waals surface area contributed by atoms with Gasteiger partial charge in [0, 0.05) is 24.0 Å². The van der Waals surface area contributed by atoms with Gasteiger partial charge in [0.1, 0.15) is 0 Å². The molecule has 0 saturated heterocycles. The van der Waals surface area contributed by atoms with Crippen LogP contribution in [0.15, 0.2) is 78.0 Å². The van der Waals surface area contributed by atoms with Crippen LogP contribution in [0.4, 0.5) is 17.1 Å². The Morgan fingerprint density at radius 3 is 2.27 bits per heavy atom. The van der Waals surface area contributed by atoms with Gasteiger partial charge in [-0.1, -0.05) is 12.1 Å². The molecule has 2 aromatic carbocycles. The van der Waals surface area contributed by atoms with E-state index in [1.807, 2.05) is 0 Å². The summed E-state index contributed by atoms with van der Waals surface area (Å²) in [6, 6.07) is 13.6. The second kappa shape index (κ2) is 8.47. The molecule has 0 radical (unpaired) electrons. The maximum Gasteiger partial charge on any atom is 0.269 e. The maximum atomic E-state index is 12.4. The Hall–Kier alpha value is -3.51. The second-order valence-corrected chi connectivity index (χ2v) is 9.56. The minimum absolute atomic E-state index is 0.0621. The van der Waals surface area contributed by atoms with Gasteiger partial charge < -0.3 is 0 Å². The third kappa shape index (κ3) is 5.52. The van der Waals surface area contributed by atoms with Gasteiger partial charge in [0.25, 0.3) is 15.7 Å². The molecule has 3 aromatic rings. The number of anilines is 2. The van der Waals surface area contributed by atoms with Gasteiger partial charge in [0.05, 0.1) is 27.5 Å². The van der Waals surface area contributed by atoms with Crippen molar-refractivity contribution < 1.29 is 21.8 Å². The van der Waals surface area contributed by atoms with Crippen molar-refractivity contribution in [3.05, 3.63) is 88.7 Å². The summed E-state index contributed by atoms with van der Waals surface area (Å²) in [5, 5.41) is 10.8. The normalized spacial score (nSPS) is 11.6. The number of hydrogen-bond donors (Lipinski definition) is 2. The fourth-order valence-corrected chi connectivity index (χ4v) is 4.76. The van der Waals surface area contributed by atoms with Crippen LogP contribution in [-0.2, 0) is 25.8 Å². The van der Waals surface area contributed by atoms with Crippen LogP contribution in [-0.4, -0.2) is 26.7 Å². The van der Waals surface area contributed by atoms with Crippen LogP contribution in [0.3, 0.4) is 0 Å². The monoisotopic (exact) mass is 448 g/mol. The van der Waals surface area contributed by atoms with Gasteiger partial charge in [-0.3, -0.25) is 24.5 Å². The summed E-state index contributed by atoms with van der Waals surface area (Å²) in [6.07, 6.45) is 2.86. The molecule has 0 aliphatic carbocycles. The molecule has 3 rings (SSSR count). The van der Waals surface area contributed by atoms with Crippen LogP contribution < -0.4 is 9.44 Å². The number of non-ortho nitro benzene ring substituents is 1. The number of nitro groups is 1. The number of nitrogens with one attached hydrogen (secondary N) is 2. The van der Waals surface area contributed by atoms with Crippen LogP contribution in [0.25, 0.3) is 0 Å². The SMILES string of the molecule is O=[N+]([O-])c1cccc(CS(=O)(=O)Nc2ccc(S(=O)(=O)Nc3cccnc3)cc2)c1. The van der Waals surface area contributed by atoms with Crippen molar-refractivity contribution >= 4 is 37.1 Å². The zero-order chi connectivity index (χ0) is 21.8. The first-order valence-electron chi connectivity index (χ1n) is 8.41. The first-order valence-corrected chi connectivity index (χ1v) is 11.5. The molecule has 156 valence electrons. The van der Waals surface area contributed by atoms with E-state index in [0.717, 1.165) is 0 Å². The number of sulfonamides is 2. The van der Waals surface area contributed by atoms with Crippen molar-refractivity contribution in [2.75, 3.05) is 9.44 Å². The molecule has 12 heteroatoms. The summed E-state index contributed by atoms with van der Waals surface area (Å²) < 4.78 is 54.2. The third-order valence-electron chi connectivity index (χ3n) is 3.83. The van der Waals surface area contributed by atoms with Crippen molar-refractivity contribution in [1.82, 2.24) is 4.98 Å². The van der Waals surface area contributed by atoms with Crippen LogP contribution in [0.2, 0.25) is 0 Å². The molecule has 0 fully saturated rings. The number of pyridine rings is 1. The van der Waals surface area contributed by atoms with Crippen LogP contribution >= 0.6 is 0 Å². The summed E-state index contributed by atoms with van der Waals surface area (Å²) in [5.41, 5.74) is 0.481. The predicted octanol–water partition coefficient (Wildman–Crippen LogP) is 2.73. The predicted molar refractivity (Wildman–Crippen MR) is 111 cm³/mol. The molecule has 0 aliphatic heterocycles. The summed E-state index contributed by atoms with van der Waals surface area (Å²) >= 11 is 0. The van der Waals surface area contributed by atoms with Crippen LogP contribution in [0.1, 0.15) is 5.56 Å². The lowest BCUT2D eigenvalue weighted by Gasteiger charge is -2.10. The number of rotatable bonds is 8. The zero-order valence-electron chi connectivity index (χ0n) is 15.3. The van der Waals surface area contributed by atoms with Gasteiger partial charge in [0.15, 0.2) is 0 Å². The Labute approximate surface area is 172 Å². The molecule has 10 nitrogen and oxygen atoms in total. The van der Waals surface area contributed by atoms with Crippen molar-refractivity contribution in [2.24, 2.45) is 0 Å². The zero-order valence-corrected chi connectivity index (χ0v) is 16.9. The summed E-state index contributed by atoms with van der Waals surface area (Å²) in [6.45, 7) is 0. The average Bonchev–Trinajstić information content (AvgIpc) is 2.68.